The Hall–Kier alpha value is -3.11. The van der Waals surface area contributed by atoms with Gasteiger partial charge < -0.3 is 9.64 Å². The molecule has 3 aromatic rings. The van der Waals surface area contributed by atoms with Crippen LogP contribution in [0.15, 0.2) is 30.7 Å². The van der Waals surface area contributed by atoms with Crippen LogP contribution in [0.2, 0.25) is 0 Å². The number of aromatic amines is 1. The van der Waals surface area contributed by atoms with Crippen molar-refractivity contribution in [3.8, 4) is 18.0 Å². The molecule has 0 aromatic carbocycles. The number of pyridine rings is 1. The van der Waals surface area contributed by atoms with E-state index in [-0.39, 0.29) is 6.04 Å². The third-order valence-corrected chi connectivity index (χ3v) is 5.91. The van der Waals surface area contributed by atoms with Gasteiger partial charge in [0, 0.05) is 24.0 Å². The van der Waals surface area contributed by atoms with E-state index in [9.17, 15) is 0 Å². The topological polar surface area (TPSA) is 71.9 Å². The zero-order valence-corrected chi connectivity index (χ0v) is 16.5. The molecule has 7 heteroatoms. The SMILES string of the molecule is C#CC1CC=C(c2cc(N3CCOC[C@H]3C)nc3c2cnn3-c2cn[nH]c2)CC1. The van der Waals surface area contributed by atoms with Crippen molar-refractivity contribution in [1.29, 1.82) is 0 Å². The Morgan fingerprint density at radius 2 is 2.28 bits per heavy atom. The molecule has 2 aliphatic rings. The van der Waals surface area contributed by atoms with Crippen LogP contribution >= 0.6 is 0 Å². The van der Waals surface area contributed by atoms with E-state index in [0.29, 0.717) is 19.1 Å². The monoisotopic (exact) mass is 388 g/mol. The smallest absolute Gasteiger partial charge is 0.165 e. The number of nitrogens with one attached hydrogen (secondary N) is 1. The Morgan fingerprint density at radius 3 is 3.00 bits per heavy atom. The number of anilines is 1. The maximum absolute atomic E-state index is 5.64. The second-order valence-corrected chi connectivity index (χ2v) is 7.76. The normalized spacial score (nSPS) is 22.5. The molecule has 3 aromatic heterocycles. The Balaban J connectivity index is 1.67. The van der Waals surface area contributed by atoms with Crippen LogP contribution in [-0.2, 0) is 4.74 Å². The van der Waals surface area contributed by atoms with Crippen molar-refractivity contribution < 1.29 is 4.74 Å². The molecule has 4 heterocycles. The summed E-state index contributed by atoms with van der Waals surface area (Å²) in [6.07, 6.45) is 16.4. The van der Waals surface area contributed by atoms with Crippen molar-refractivity contribution in [2.75, 3.05) is 24.7 Å². The molecule has 1 aliphatic heterocycles. The van der Waals surface area contributed by atoms with Crippen LogP contribution in [-0.4, -0.2) is 50.8 Å². The predicted molar refractivity (Wildman–Crippen MR) is 113 cm³/mol. The van der Waals surface area contributed by atoms with E-state index in [1.165, 1.54) is 11.1 Å². The first kappa shape index (κ1) is 18.0. The number of fused-ring (bicyclic) bond motifs is 1. The molecule has 1 unspecified atom stereocenters. The number of nitrogens with zero attached hydrogens (tertiary/aromatic N) is 5. The lowest BCUT2D eigenvalue weighted by Crippen LogP contribution is -2.44. The maximum Gasteiger partial charge on any atom is 0.165 e. The highest BCUT2D eigenvalue weighted by atomic mass is 16.5. The third-order valence-electron chi connectivity index (χ3n) is 5.91. The average Bonchev–Trinajstić information content (AvgIpc) is 3.43. The number of H-pyrrole nitrogens is 1. The maximum atomic E-state index is 5.64. The Labute approximate surface area is 169 Å². The van der Waals surface area contributed by atoms with Crippen LogP contribution < -0.4 is 4.90 Å². The summed E-state index contributed by atoms with van der Waals surface area (Å²) < 4.78 is 7.48. The van der Waals surface area contributed by atoms with Crippen LogP contribution in [0.4, 0.5) is 5.82 Å². The van der Waals surface area contributed by atoms with E-state index < -0.39 is 0 Å². The molecule has 1 N–H and O–H groups in total. The molecular weight excluding hydrogens is 364 g/mol. The number of morpholine rings is 1. The molecular formula is C22H24N6O. The van der Waals surface area contributed by atoms with Crippen molar-refractivity contribution in [3.05, 3.63) is 36.3 Å². The Kier molecular flexibility index (Phi) is 4.57. The summed E-state index contributed by atoms with van der Waals surface area (Å²) in [4.78, 5) is 7.35. The van der Waals surface area contributed by atoms with Crippen LogP contribution in [0, 0.1) is 18.3 Å². The molecule has 5 rings (SSSR count). The molecule has 7 nitrogen and oxygen atoms in total. The second-order valence-electron chi connectivity index (χ2n) is 7.76. The van der Waals surface area contributed by atoms with Crippen molar-refractivity contribution in [1.82, 2.24) is 25.0 Å². The molecule has 2 atom stereocenters. The summed E-state index contributed by atoms with van der Waals surface area (Å²) in [7, 11) is 0. The third kappa shape index (κ3) is 3.19. The first-order valence-corrected chi connectivity index (χ1v) is 10.1. The van der Waals surface area contributed by atoms with Crippen LogP contribution in [0.25, 0.3) is 22.3 Å². The fraction of sp³-hybridized carbons (Fsp3) is 0.409. The lowest BCUT2D eigenvalue weighted by molar-refractivity contribution is 0.0985. The fourth-order valence-corrected chi connectivity index (χ4v) is 4.25. The Bertz CT molecular complexity index is 1090. The molecule has 148 valence electrons. The number of rotatable bonds is 3. The van der Waals surface area contributed by atoms with E-state index in [4.69, 9.17) is 16.1 Å². The van der Waals surface area contributed by atoms with Crippen molar-refractivity contribution in [3.63, 3.8) is 0 Å². The highest BCUT2D eigenvalue weighted by Gasteiger charge is 2.24. The van der Waals surface area contributed by atoms with Gasteiger partial charge >= 0.3 is 0 Å². The summed E-state index contributed by atoms with van der Waals surface area (Å²) in [5.74, 6) is 4.20. The number of aromatic nitrogens is 5. The quantitative estimate of drug-likeness (QED) is 0.698. The van der Waals surface area contributed by atoms with E-state index in [1.54, 1.807) is 6.20 Å². The highest BCUT2D eigenvalue weighted by molar-refractivity contribution is 5.92. The Morgan fingerprint density at radius 1 is 1.34 bits per heavy atom. The van der Waals surface area contributed by atoms with Gasteiger partial charge in [-0.15, -0.1) is 12.3 Å². The van der Waals surface area contributed by atoms with Crippen molar-refractivity contribution >= 4 is 22.4 Å². The number of ether oxygens (including phenoxy) is 1. The molecule has 29 heavy (non-hydrogen) atoms. The predicted octanol–water partition coefficient (Wildman–Crippen LogP) is 3.19. The van der Waals surface area contributed by atoms with Gasteiger partial charge in [-0.1, -0.05) is 6.08 Å². The van der Waals surface area contributed by atoms with Crippen molar-refractivity contribution in [2.24, 2.45) is 5.92 Å². The lowest BCUT2D eigenvalue weighted by Gasteiger charge is -2.34. The van der Waals surface area contributed by atoms with Gasteiger partial charge in [0.1, 0.15) is 11.5 Å². The minimum absolute atomic E-state index is 0.276. The standard InChI is InChI=1S/C22H24N6O/c1-3-16-4-6-17(7-5-16)19-10-21(27-8-9-29-14-15(27)2)26-22-20(19)13-25-28(22)18-11-23-24-12-18/h1,6,10-13,15-16H,4-5,7-9,14H2,2H3,(H,23,24)/t15-,16?/m1/s1. The highest BCUT2D eigenvalue weighted by Crippen LogP contribution is 2.36. The zero-order valence-electron chi connectivity index (χ0n) is 16.5. The number of terminal acetylenes is 1. The average molecular weight is 388 g/mol. The van der Waals surface area contributed by atoms with Gasteiger partial charge in [-0.25, -0.2) is 9.67 Å². The van der Waals surface area contributed by atoms with Crippen LogP contribution in [0.3, 0.4) is 0 Å². The minimum Gasteiger partial charge on any atom is -0.377 e. The number of hydrogen-bond acceptors (Lipinski definition) is 5. The number of hydrogen-bond donors (Lipinski definition) is 1. The summed E-state index contributed by atoms with van der Waals surface area (Å²) >= 11 is 0. The largest absolute Gasteiger partial charge is 0.377 e. The first-order valence-electron chi connectivity index (χ1n) is 10.1. The van der Waals surface area contributed by atoms with Gasteiger partial charge in [-0.05, 0) is 43.4 Å². The van der Waals surface area contributed by atoms with E-state index >= 15 is 0 Å². The molecule has 1 saturated heterocycles. The van der Waals surface area contributed by atoms with Crippen molar-refractivity contribution in [2.45, 2.75) is 32.2 Å². The van der Waals surface area contributed by atoms with Gasteiger partial charge in [-0.2, -0.15) is 10.2 Å². The molecule has 0 amide bonds. The van der Waals surface area contributed by atoms with Crippen LogP contribution in [0.1, 0.15) is 31.7 Å². The van der Waals surface area contributed by atoms with Gasteiger partial charge in [0.15, 0.2) is 5.65 Å². The van der Waals surface area contributed by atoms with E-state index in [1.807, 2.05) is 17.1 Å². The summed E-state index contributed by atoms with van der Waals surface area (Å²) in [5, 5.41) is 12.6. The van der Waals surface area contributed by atoms with Gasteiger partial charge in [-0.3, -0.25) is 5.10 Å². The van der Waals surface area contributed by atoms with Gasteiger partial charge in [0.2, 0.25) is 0 Å². The van der Waals surface area contributed by atoms with Crippen LogP contribution in [0.5, 0.6) is 0 Å². The molecule has 0 radical (unpaired) electrons. The summed E-state index contributed by atoms with van der Waals surface area (Å²) in [5.41, 5.74) is 4.25. The molecule has 1 fully saturated rings. The fourth-order valence-electron chi connectivity index (χ4n) is 4.25. The second kappa shape index (κ2) is 7.37. The summed E-state index contributed by atoms with van der Waals surface area (Å²) in [6.45, 7) is 4.43. The minimum atomic E-state index is 0.276. The molecule has 0 spiro atoms. The van der Waals surface area contributed by atoms with Gasteiger partial charge in [0.25, 0.3) is 0 Å². The van der Waals surface area contributed by atoms with E-state index in [0.717, 1.165) is 48.3 Å². The van der Waals surface area contributed by atoms with Gasteiger partial charge in [0.05, 0.1) is 31.6 Å². The molecule has 0 saturated carbocycles. The molecule has 1 aliphatic carbocycles. The number of allylic oxidation sites excluding steroid dienone is 2. The summed E-state index contributed by atoms with van der Waals surface area (Å²) in [6, 6.07) is 2.49. The molecule has 0 bridgehead atoms. The zero-order chi connectivity index (χ0) is 19.8. The van der Waals surface area contributed by atoms with E-state index in [2.05, 4.69) is 45.2 Å². The lowest BCUT2D eigenvalue weighted by atomic mass is 9.86. The first-order chi connectivity index (χ1) is 14.2.